The van der Waals surface area contributed by atoms with Gasteiger partial charge in [-0.3, -0.25) is 4.90 Å². The second-order valence-corrected chi connectivity index (χ2v) is 13.4. The summed E-state index contributed by atoms with van der Waals surface area (Å²) in [7, 11) is 3.67. The van der Waals surface area contributed by atoms with Crippen molar-refractivity contribution >= 4 is 70.8 Å². The molecule has 1 saturated heterocycles. The Morgan fingerprint density at radius 2 is 1.77 bits per heavy atom. The summed E-state index contributed by atoms with van der Waals surface area (Å²) in [4.78, 5) is 26.9. The zero-order valence-corrected chi connectivity index (χ0v) is 28.3. The van der Waals surface area contributed by atoms with E-state index in [0.29, 0.717) is 49.7 Å². The Balaban J connectivity index is 1.35. The number of ether oxygens (including phenoxy) is 3. The summed E-state index contributed by atoms with van der Waals surface area (Å²) < 4.78 is 33.7. The van der Waals surface area contributed by atoms with Crippen molar-refractivity contribution in [2.75, 3.05) is 53.5 Å². The SMILES string of the molecule is COc1ccccc1C(C)C(Oc1ncnc2sc3c4ccc(F)cc4c4c(Cl)c(OCCN5CCN(C)CC5)ccc4c3c12)C(=O)O. The number of fused-ring (bicyclic) bond motifs is 8. The van der Waals surface area contributed by atoms with Gasteiger partial charge < -0.3 is 24.2 Å². The van der Waals surface area contributed by atoms with Gasteiger partial charge in [-0.2, -0.15) is 0 Å². The molecule has 0 spiro atoms. The molecular weight excluding hydrogens is 655 g/mol. The Kier molecular flexibility index (Phi) is 8.95. The number of piperazine rings is 1. The molecule has 1 aliphatic rings. The van der Waals surface area contributed by atoms with Crippen LogP contribution in [0, 0.1) is 5.82 Å². The first-order valence-corrected chi connectivity index (χ1v) is 16.9. The summed E-state index contributed by atoms with van der Waals surface area (Å²) in [5.74, 6) is -0.922. The molecule has 1 aliphatic heterocycles. The van der Waals surface area contributed by atoms with E-state index in [1.807, 2.05) is 30.3 Å². The average Bonchev–Trinajstić information content (AvgIpc) is 3.49. The molecule has 1 N–H and O–H groups in total. The Morgan fingerprint density at radius 3 is 2.54 bits per heavy atom. The number of hydrogen-bond donors (Lipinski definition) is 1. The van der Waals surface area contributed by atoms with Gasteiger partial charge >= 0.3 is 5.97 Å². The second-order valence-electron chi connectivity index (χ2n) is 12.1. The van der Waals surface area contributed by atoms with Gasteiger partial charge in [-0.25, -0.2) is 19.2 Å². The van der Waals surface area contributed by atoms with E-state index in [4.69, 9.17) is 25.8 Å². The van der Waals surface area contributed by atoms with Gasteiger partial charge in [0.05, 0.1) is 17.5 Å². The van der Waals surface area contributed by atoms with Crippen LogP contribution >= 0.6 is 22.9 Å². The standard InChI is InChI=1S/C36H34ClFN4O5S/c1-20(22-6-4-5-7-26(22)45-3)32(36(43)44)47-34-30-29-24-10-11-27(46-17-16-42-14-12-41(2)13-15-42)31(37)28(24)25-18-21(38)8-9-23(25)33(29)48-35(30)40-19-39-34/h4-11,18-20,32H,12-17H2,1-3H3,(H,43,44). The van der Waals surface area contributed by atoms with Crippen LogP contribution in [0.25, 0.3) is 41.8 Å². The fourth-order valence-corrected chi connectivity index (χ4v) is 8.06. The van der Waals surface area contributed by atoms with E-state index in [0.717, 1.165) is 53.6 Å². The number of rotatable bonds is 10. The fraction of sp³-hybridized carbons (Fsp3) is 0.306. The number of nitrogens with zero attached hydrogens (tertiary/aromatic N) is 4. The van der Waals surface area contributed by atoms with Crippen LogP contribution in [-0.2, 0) is 4.79 Å². The number of carbonyl (C=O) groups is 1. The second kappa shape index (κ2) is 13.3. The van der Waals surface area contributed by atoms with Gasteiger partial charge in [-0.1, -0.05) is 42.8 Å². The Hall–Kier alpha value is -4.29. The van der Waals surface area contributed by atoms with Crippen molar-refractivity contribution in [3.63, 3.8) is 0 Å². The molecule has 0 amide bonds. The van der Waals surface area contributed by atoms with Crippen LogP contribution in [-0.4, -0.2) is 90.4 Å². The van der Waals surface area contributed by atoms with Crippen LogP contribution in [0.5, 0.6) is 17.4 Å². The largest absolute Gasteiger partial charge is 0.496 e. The number of para-hydroxylation sites is 1. The fourth-order valence-electron chi connectivity index (χ4n) is 6.55. The zero-order chi connectivity index (χ0) is 33.5. The molecule has 2 unspecified atom stereocenters. The quantitative estimate of drug-likeness (QED) is 0.150. The minimum atomic E-state index is -1.29. The summed E-state index contributed by atoms with van der Waals surface area (Å²) in [5, 5.41) is 14.8. The Bertz CT molecular complexity index is 2170. The first-order chi connectivity index (χ1) is 23.2. The topological polar surface area (TPSA) is 97.3 Å². The molecule has 12 heteroatoms. The molecule has 248 valence electrons. The number of carboxylic acid groups (broad SMARTS) is 1. The summed E-state index contributed by atoms with van der Waals surface area (Å²) in [6.45, 7) is 6.99. The predicted octanol–water partition coefficient (Wildman–Crippen LogP) is 7.21. The first kappa shape index (κ1) is 32.3. The summed E-state index contributed by atoms with van der Waals surface area (Å²) >= 11 is 8.53. The molecular formula is C36H34ClFN4O5S. The van der Waals surface area contributed by atoms with Gasteiger partial charge in [0, 0.05) is 65.1 Å². The average molecular weight is 689 g/mol. The van der Waals surface area contributed by atoms with Crippen molar-refractivity contribution in [1.29, 1.82) is 0 Å². The molecule has 4 aromatic carbocycles. The molecule has 3 heterocycles. The number of thiophene rings is 1. The molecule has 2 aromatic heterocycles. The first-order valence-electron chi connectivity index (χ1n) is 15.7. The van der Waals surface area contributed by atoms with Crippen molar-refractivity contribution in [1.82, 2.24) is 19.8 Å². The Labute approximate surface area is 285 Å². The van der Waals surface area contributed by atoms with Gasteiger partial charge in [0.1, 0.15) is 35.1 Å². The van der Waals surface area contributed by atoms with E-state index in [9.17, 15) is 14.3 Å². The lowest BCUT2D eigenvalue weighted by atomic mass is 9.94. The van der Waals surface area contributed by atoms with Crippen LogP contribution in [0.15, 0.2) is 60.9 Å². The predicted molar refractivity (Wildman–Crippen MR) is 188 cm³/mol. The van der Waals surface area contributed by atoms with Gasteiger partial charge in [-0.15, -0.1) is 11.3 Å². The monoisotopic (exact) mass is 688 g/mol. The van der Waals surface area contributed by atoms with Crippen molar-refractivity contribution in [2.45, 2.75) is 18.9 Å². The third kappa shape index (κ3) is 5.85. The zero-order valence-electron chi connectivity index (χ0n) is 26.7. The maximum absolute atomic E-state index is 14.8. The van der Waals surface area contributed by atoms with E-state index >= 15 is 0 Å². The highest BCUT2D eigenvalue weighted by Gasteiger charge is 2.32. The van der Waals surface area contributed by atoms with Crippen molar-refractivity contribution < 1.29 is 28.5 Å². The van der Waals surface area contributed by atoms with Gasteiger partial charge in [0.15, 0.2) is 0 Å². The normalized spacial score (nSPS) is 15.7. The molecule has 0 aliphatic carbocycles. The van der Waals surface area contributed by atoms with Crippen LogP contribution in [0.4, 0.5) is 4.39 Å². The lowest BCUT2D eigenvalue weighted by Crippen LogP contribution is -2.45. The number of aliphatic carboxylic acids is 1. The van der Waals surface area contributed by atoms with E-state index in [1.54, 1.807) is 26.2 Å². The smallest absolute Gasteiger partial charge is 0.345 e. The minimum absolute atomic E-state index is 0.131. The van der Waals surface area contributed by atoms with Crippen LogP contribution < -0.4 is 14.2 Å². The van der Waals surface area contributed by atoms with E-state index in [1.165, 1.54) is 29.8 Å². The highest BCUT2D eigenvalue weighted by atomic mass is 35.5. The van der Waals surface area contributed by atoms with Crippen LogP contribution in [0.3, 0.4) is 0 Å². The number of hydrogen-bond acceptors (Lipinski definition) is 9. The third-order valence-corrected chi connectivity index (χ3v) is 10.7. The molecule has 6 aromatic rings. The van der Waals surface area contributed by atoms with Crippen LogP contribution in [0.2, 0.25) is 5.02 Å². The number of halogens is 2. The number of benzene rings is 4. The van der Waals surface area contributed by atoms with Crippen molar-refractivity contribution in [3.8, 4) is 17.4 Å². The molecule has 1 fully saturated rings. The van der Waals surface area contributed by atoms with E-state index in [2.05, 4.69) is 26.8 Å². The highest BCUT2D eigenvalue weighted by Crippen LogP contribution is 2.49. The molecule has 0 radical (unpaired) electrons. The van der Waals surface area contributed by atoms with Gasteiger partial charge in [0.2, 0.25) is 12.0 Å². The van der Waals surface area contributed by atoms with E-state index in [-0.39, 0.29) is 11.7 Å². The molecule has 9 nitrogen and oxygen atoms in total. The number of carboxylic acids is 1. The summed E-state index contributed by atoms with van der Waals surface area (Å²) in [6, 6.07) is 15.6. The minimum Gasteiger partial charge on any atom is -0.496 e. The molecule has 0 saturated carbocycles. The van der Waals surface area contributed by atoms with Gasteiger partial charge in [-0.05, 0) is 48.2 Å². The third-order valence-electron chi connectivity index (χ3n) is 9.15. The molecule has 2 atom stereocenters. The molecule has 7 rings (SSSR count). The van der Waals surface area contributed by atoms with Crippen molar-refractivity contribution in [2.24, 2.45) is 0 Å². The summed E-state index contributed by atoms with van der Waals surface area (Å²) in [6.07, 6.45) is 0.0716. The van der Waals surface area contributed by atoms with Crippen LogP contribution in [0.1, 0.15) is 18.4 Å². The maximum atomic E-state index is 14.8. The lowest BCUT2D eigenvalue weighted by Gasteiger charge is -2.32. The highest BCUT2D eigenvalue weighted by molar-refractivity contribution is 7.26. The van der Waals surface area contributed by atoms with Crippen molar-refractivity contribution in [3.05, 3.63) is 77.3 Å². The number of likely N-dealkylation sites (N-methyl/N-ethyl adjacent to an activating group) is 1. The molecule has 48 heavy (non-hydrogen) atoms. The molecule has 0 bridgehead atoms. The summed E-state index contributed by atoms with van der Waals surface area (Å²) in [5.41, 5.74) is 0.693. The number of aromatic nitrogens is 2. The number of methoxy groups -OCH3 is 1. The van der Waals surface area contributed by atoms with Gasteiger partial charge in [0.25, 0.3) is 0 Å². The van der Waals surface area contributed by atoms with E-state index < -0.39 is 18.0 Å². The maximum Gasteiger partial charge on any atom is 0.345 e. The Morgan fingerprint density at radius 1 is 1.00 bits per heavy atom. The lowest BCUT2D eigenvalue weighted by molar-refractivity contribution is -0.146.